The molecule has 0 aromatic heterocycles. The van der Waals surface area contributed by atoms with Crippen molar-refractivity contribution in [2.24, 2.45) is 11.8 Å². The van der Waals surface area contributed by atoms with Gasteiger partial charge in [0.15, 0.2) is 0 Å². The van der Waals surface area contributed by atoms with Crippen molar-refractivity contribution < 1.29 is 24.2 Å². The fourth-order valence-corrected chi connectivity index (χ4v) is 10.4. The number of hydrogen-bond donors (Lipinski definition) is 1. The van der Waals surface area contributed by atoms with Crippen molar-refractivity contribution in [1.82, 2.24) is 9.80 Å². The van der Waals surface area contributed by atoms with Gasteiger partial charge in [0.2, 0.25) is 11.8 Å². The molecular formula is C27H39BrN2O5S. The zero-order valence-electron chi connectivity index (χ0n) is 21.1. The van der Waals surface area contributed by atoms with Crippen LogP contribution < -0.4 is 0 Å². The summed E-state index contributed by atoms with van der Waals surface area (Å²) in [6, 6.07) is -1.14. The Hall–Kier alpha value is -1.32. The lowest BCUT2D eigenvalue weighted by Crippen LogP contribution is -2.59. The molecular weight excluding hydrogens is 544 g/mol. The molecule has 9 heteroatoms. The third-order valence-electron chi connectivity index (χ3n) is 8.39. The number of likely N-dealkylation sites (tertiary alicyclic amines) is 1. The van der Waals surface area contributed by atoms with Gasteiger partial charge in [-0.3, -0.25) is 14.4 Å². The quantitative estimate of drug-likeness (QED) is 0.173. The van der Waals surface area contributed by atoms with E-state index in [9.17, 15) is 19.5 Å². The van der Waals surface area contributed by atoms with Crippen LogP contribution in [-0.2, 0) is 19.1 Å². The number of carbonyl (C=O) groups is 3. The van der Waals surface area contributed by atoms with E-state index in [4.69, 9.17) is 4.74 Å². The molecule has 1 saturated carbocycles. The minimum Gasteiger partial charge on any atom is -0.465 e. The third kappa shape index (κ3) is 4.68. The largest absolute Gasteiger partial charge is 0.465 e. The molecule has 0 radical (unpaired) electrons. The number of esters is 1. The molecule has 1 aliphatic carbocycles. The number of aliphatic hydroxyl groups excluding tert-OH is 1. The number of carbonyl (C=O) groups excluding carboxylic acids is 3. The van der Waals surface area contributed by atoms with Crippen molar-refractivity contribution in [1.29, 1.82) is 0 Å². The highest BCUT2D eigenvalue weighted by Crippen LogP contribution is 2.68. The summed E-state index contributed by atoms with van der Waals surface area (Å²) in [7, 11) is 0. The Bertz CT molecular complexity index is 880. The Morgan fingerprint density at radius 2 is 2.03 bits per heavy atom. The molecule has 1 N–H and O–H groups in total. The van der Waals surface area contributed by atoms with Crippen LogP contribution in [0.25, 0.3) is 0 Å². The number of thioether (sulfide) groups is 1. The second kappa shape index (κ2) is 11.6. The number of rotatable bonds is 11. The standard InChI is InChI=1S/C27H39BrN2O5S/c1-4-6-10-14-35-26(34)20-21-24(32)30(17(3)16-31)23(27(21)15-19(28)22(20)36-27)25(33)29(13-5-2)18-11-8-7-9-12-18/h4-5,17-23,31H,1-2,6-16H2,3H3/t17-,19?,20-,21+,22-,23?,27?/m1/s1. The van der Waals surface area contributed by atoms with Crippen LogP contribution in [0.3, 0.4) is 0 Å². The summed E-state index contributed by atoms with van der Waals surface area (Å²) < 4.78 is 4.90. The van der Waals surface area contributed by atoms with Crippen molar-refractivity contribution in [3.05, 3.63) is 25.3 Å². The number of aliphatic hydroxyl groups is 1. The van der Waals surface area contributed by atoms with Gasteiger partial charge < -0.3 is 19.6 Å². The molecule has 3 heterocycles. The predicted molar refractivity (Wildman–Crippen MR) is 145 cm³/mol. The average Bonchev–Trinajstić information content (AvgIpc) is 3.48. The summed E-state index contributed by atoms with van der Waals surface area (Å²) >= 11 is 5.39. The number of allylic oxidation sites excluding steroid dienone is 1. The Morgan fingerprint density at radius 3 is 2.67 bits per heavy atom. The summed E-state index contributed by atoms with van der Waals surface area (Å²) in [4.78, 5) is 45.3. The lowest BCUT2D eigenvalue weighted by molar-refractivity contribution is -0.154. The number of amides is 2. The molecule has 3 unspecified atom stereocenters. The van der Waals surface area contributed by atoms with E-state index in [0.29, 0.717) is 19.4 Å². The van der Waals surface area contributed by atoms with E-state index in [-0.39, 0.29) is 47.1 Å². The first-order chi connectivity index (χ1) is 17.3. The van der Waals surface area contributed by atoms with Gasteiger partial charge in [-0.2, -0.15) is 0 Å². The Kier molecular flexibility index (Phi) is 8.93. The van der Waals surface area contributed by atoms with Gasteiger partial charge in [0.05, 0.1) is 35.8 Å². The van der Waals surface area contributed by atoms with Gasteiger partial charge in [-0.05, 0) is 39.0 Å². The highest BCUT2D eigenvalue weighted by atomic mass is 79.9. The lowest BCUT2D eigenvalue weighted by Gasteiger charge is -2.42. The van der Waals surface area contributed by atoms with E-state index in [1.54, 1.807) is 35.7 Å². The predicted octanol–water partition coefficient (Wildman–Crippen LogP) is 3.69. The molecule has 4 rings (SSSR count). The van der Waals surface area contributed by atoms with Gasteiger partial charge in [-0.1, -0.05) is 47.3 Å². The van der Waals surface area contributed by atoms with Crippen LogP contribution in [-0.4, -0.2) is 85.4 Å². The molecule has 0 aromatic rings. The topological polar surface area (TPSA) is 87.2 Å². The zero-order valence-corrected chi connectivity index (χ0v) is 23.6. The minimum absolute atomic E-state index is 0.000470. The Balaban J connectivity index is 1.69. The fraction of sp³-hybridized carbons (Fsp3) is 0.741. The van der Waals surface area contributed by atoms with Crippen molar-refractivity contribution in [2.75, 3.05) is 19.8 Å². The fourth-order valence-electron chi connectivity index (χ4n) is 6.78. The first-order valence-electron chi connectivity index (χ1n) is 13.3. The van der Waals surface area contributed by atoms with E-state index >= 15 is 0 Å². The maximum absolute atomic E-state index is 14.4. The molecule has 7 atom stereocenters. The molecule has 36 heavy (non-hydrogen) atoms. The summed E-state index contributed by atoms with van der Waals surface area (Å²) in [5.74, 6) is -1.89. The maximum atomic E-state index is 14.4. The number of ether oxygens (including phenoxy) is 1. The number of halogens is 1. The zero-order chi connectivity index (χ0) is 26.0. The number of alkyl halides is 1. The van der Waals surface area contributed by atoms with Crippen LogP contribution in [0, 0.1) is 11.8 Å². The molecule has 3 aliphatic heterocycles. The number of fused-ring (bicyclic) bond motifs is 1. The molecule has 4 fully saturated rings. The van der Waals surface area contributed by atoms with Crippen LogP contribution >= 0.6 is 27.7 Å². The second-order valence-electron chi connectivity index (χ2n) is 10.6. The summed E-state index contributed by atoms with van der Waals surface area (Å²) in [5, 5.41) is 9.95. The highest BCUT2D eigenvalue weighted by molar-refractivity contribution is 9.09. The molecule has 0 aromatic carbocycles. The van der Waals surface area contributed by atoms with E-state index < -0.39 is 28.7 Å². The molecule has 1 spiro atoms. The van der Waals surface area contributed by atoms with E-state index in [2.05, 4.69) is 29.1 Å². The maximum Gasteiger partial charge on any atom is 0.310 e. The number of unbranched alkanes of at least 4 members (excludes halogenated alkanes) is 1. The third-order valence-corrected chi connectivity index (χ3v) is 11.6. The first-order valence-corrected chi connectivity index (χ1v) is 15.1. The lowest BCUT2D eigenvalue weighted by atomic mass is 9.71. The number of nitrogens with zero attached hydrogens (tertiary/aromatic N) is 2. The van der Waals surface area contributed by atoms with Crippen LogP contribution in [0.4, 0.5) is 0 Å². The van der Waals surface area contributed by atoms with Gasteiger partial charge in [0.1, 0.15) is 6.04 Å². The van der Waals surface area contributed by atoms with Gasteiger partial charge in [0.25, 0.3) is 0 Å². The first kappa shape index (κ1) is 27.7. The molecule has 3 saturated heterocycles. The van der Waals surface area contributed by atoms with E-state index in [1.165, 1.54) is 6.42 Å². The minimum atomic E-state index is -0.729. The molecule has 2 amide bonds. The summed E-state index contributed by atoms with van der Waals surface area (Å²) in [5.41, 5.74) is 0. The van der Waals surface area contributed by atoms with Crippen LogP contribution in [0.5, 0.6) is 0 Å². The molecule has 7 nitrogen and oxygen atoms in total. The molecule has 2 bridgehead atoms. The van der Waals surface area contributed by atoms with Crippen LogP contribution in [0.15, 0.2) is 25.3 Å². The van der Waals surface area contributed by atoms with E-state index in [0.717, 1.165) is 32.1 Å². The SMILES string of the molecule is C=CCCCOC(=O)[C@H]1[C@@H]2SC3(CC2Br)C(C(=O)N(CC=C)C2CCCCC2)N([C@H](C)CO)C(=O)[C@H]13. The summed E-state index contributed by atoms with van der Waals surface area (Å²) in [6.45, 7) is 9.85. The summed E-state index contributed by atoms with van der Waals surface area (Å²) in [6.07, 6.45) is 10.8. The smallest absolute Gasteiger partial charge is 0.310 e. The van der Waals surface area contributed by atoms with Crippen molar-refractivity contribution in [2.45, 2.75) is 91.2 Å². The van der Waals surface area contributed by atoms with Gasteiger partial charge in [0, 0.05) is 22.7 Å². The monoisotopic (exact) mass is 582 g/mol. The van der Waals surface area contributed by atoms with Crippen molar-refractivity contribution in [3.63, 3.8) is 0 Å². The van der Waals surface area contributed by atoms with Crippen molar-refractivity contribution in [3.8, 4) is 0 Å². The van der Waals surface area contributed by atoms with Crippen LogP contribution in [0.1, 0.15) is 58.3 Å². The second-order valence-corrected chi connectivity index (χ2v) is 13.3. The molecule has 4 aliphatic rings. The van der Waals surface area contributed by atoms with Crippen molar-refractivity contribution >= 4 is 45.5 Å². The normalized spacial score (nSPS) is 34.4. The Labute approximate surface area is 227 Å². The molecule has 200 valence electrons. The number of hydrogen-bond acceptors (Lipinski definition) is 6. The Morgan fingerprint density at radius 1 is 1.31 bits per heavy atom. The van der Waals surface area contributed by atoms with Crippen LogP contribution in [0.2, 0.25) is 0 Å². The van der Waals surface area contributed by atoms with Gasteiger partial charge >= 0.3 is 5.97 Å². The van der Waals surface area contributed by atoms with Gasteiger partial charge in [-0.15, -0.1) is 24.9 Å². The van der Waals surface area contributed by atoms with E-state index in [1.807, 2.05) is 4.90 Å². The average molecular weight is 584 g/mol. The van der Waals surface area contributed by atoms with Gasteiger partial charge in [-0.25, -0.2) is 0 Å². The highest BCUT2D eigenvalue weighted by Gasteiger charge is 2.76.